The Morgan fingerprint density at radius 1 is 1.22 bits per heavy atom. The minimum Gasteiger partial charge on any atom is -0.490 e. The second-order valence-electron chi connectivity index (χ2n) is 6.09. The van der Waals surface area contributed by atoms with Crippen LogP contribution in [0.25, 0.3) is 0 Å². The Balaban J connectivity index is 1.79. The van der Waals surface area contributed by atoms with Gasteiger partial charge in [-0.25, -0.2) is 0 Å². The standard InChI is InChI=1S/C18H26N2O3/c1-3-22-16-10-13-7-9-20(18(21)15-6-5-8-19-15)12-14(13)11-17(16)23-4-2/h10-11,15,19H,3-9,12H2,1-2H3. The fourth-order valence-electron chi connectivity index (χ4n) is 3.40. The predicted octanol–water partition coefficient (Wildman–Crippen LogP) is 2.12. The molecule has 0 radical (unpaired) electrons. The number of benzene rings is 1. The number of ether oxygens (including phenoxy) is 2. The lowest BCUT2D eigenvalue weighted by molar-refractivity contribution is -0.134. The van der Waals surface area contributed by atoms with Crippen LogP contribution in [0.5, 0.6) is 11.5 Å². The third-order valence-electron chi connectivity index (χ3n) is 4.55. The van der Waals surface area contributed by atoms with Crippen LogP contribution in [0, 0.1) is 0 Å². The molecular formula is C18H26N2O3. The lowest BCUT2D eigenvalue weighted by Crippen LogP contribution is -2.45. The van der Waals surface area contributed by atoms with Gasteiger partial charge in [-0.3, -0.25) is 4.79 Å². The van der Waals surface area contributed by atoms with Crippen LogP contribution in [0.2, 0.25) is 0 Å². The Labute approximate surface area is 137 Å². The molecule has 0 bridgehead atoms. The summed E-state index contributed by atoms with van der Waals surface area (Å²) in [6, 6.07) is 4.13. The largest absolute Gasteiger partial charge is 0.490 e. The van der Waals surface area contributed by atoms with E-state index in [0.29, 0.717) is 19.8 Å². The van der Waals surface area contributed by atoms with Crippen molar-refractivity contribution < 1.29 is 14.3 Å². The Morgan fingerprint density at radius 3 is 2.52 bits per heavy atom. The molecule has 5 nitrogen and oxygen atoms in total. The van der Waals surface area contributed by atoms with Crippen molar-refractivity contribution in [1.29, 1.82) is 0 Å². The molecule has 1 amide bonds. The molecule has 1 saturated heterocycles. The van der Waals surface area contributed by atoms with Gasteiger partial charge in [0.05, 0.1) is 19.3 Å². The fourth-order valence-corrected chi connectivity index (χ4v) is 3.40. The van der Waals surface area contributed by atoms with Gasteiger partial charge in [-0.1, -0.05) is 0 Å². The average molecular weight is 318 g/mol. The van der Waals surface area contributed by atoms with Crippen molar-refractivity contribution in [2.45, 2.75) is 45.7 Å². The highest BCUT2D eigenvalue weighted by atomic mass is 16.5. The summed E-state index contributed by atoms with van der Waals surface area (Å²) in [5.41, 5.74) is 2.44. The van der Waals surface area contributed by atoms with Crippen LogP contribution in [0.3, 0.4) is 0 Å². The van der Waals surface area contributed by atoms with E-state index in [1.165, 1.54) is 11.1 Å². The van der Waals surface area contributed by atoms with E-state index >= 15 is 0 Å². The van der Waals surface area contributed by atoms with E-state index in [2.05, 4.69) is 11.4 Å². The van der Waals surface area contributed by atoms with Crippen LogP contribution in [-0.4, -0.2) is 43.2 Å². The Morgan fingerprint density at radius 2 is 1.91 bits per heavy atom. The van der Waals surface area contributed by atoms with Gasteiger partial charge < -0.3 is 19.7 Å². The normalized spacial score (nSPS) is 20.3. The first kappa shape index (κ1) is 16.1. The van der Waals surface area contributed by atoms with Gasteiger partial charge in [-0.05, 0) is 62.9 Å². The summed E-state index contributed by atoms with van der Waals surface area (Å²) >= 11 is 0. The quantitative estimate of drug-likeness (QED) is 0.903. The van der Waals surface area contributed by atoms with E-state index in [1.807, 2.05) is 24.8 Å². The van der Waals surface area contributed by atoms with Gasteiger partial charge in [-0.2, -0.15) is 0 Å². The molecule has 1 aromatic carbocycles. The maximum atomic E-state index is 12.6. The highest BCUT2D eigenvalue weighted by molar-refractivity contribution is 5.82. The van der Waals surface area contributed by atoms with Crippen molar-refractivity contribution in [1.82, 2.24) is 10.2 Å². The van der Waals surface area contributed by atoms with Crippen molar-refractivity contribution >= 4 is 5.91 Å². The second kappa shape index (κ2) is 7.21. The number of hydrogen-bond donors (Lipinski definition) is 1. The maximum absolute atomic E-state index is 12.6. The highest BCUT2D eigenvalue weighted by Crippen LogP contribution is 2.34. The molecule has 1 aromatic rings. The lowest BCUT2D eigenvalue weighted by atomic mass is 9.98. The zero-order valence-corrected chi connectivity index (χ0v) is 14.1. The molecule has 5 heteroatoms. The zero-order valence-electron chi connectivity index (χ0n) is 14.1. The molecular weight excluding hydrogens is 292 g/mol. The summed E-state index contributed by atoms with van der Waals surface area (Å²) in [5, 5.41) is 3.30. The first-order chi connectivity index (χ1) is 11.2. The number of fused-ring (bicyclic) bond motifs is 1. The molecule has 2 heterocycles. The van der Waals surface area contributed by atoms with Gasteiger partial charge in [0.15, 0.2) is 11.5 Å². The maximum Gasteiger partial charge on any atom is 0.240 e. The monoisotopic (exact) mass is 318 g/mol. The SMILES string of the molecule is CCOc1cc2c(cc1OCC)CN(C(=O)C1CCCN1)CC2. The molecule has 0 saturated carbocycles. The molecule has 0 spiro atoms. The van der Waals surface area contributed by atoms with Gasteiger partial charge in [0.25, 0.3) is 0 Å². The number of amides is 1. The van der Waals surface area contributed by atoms with Crippen LogP contribution in [0.1, 0.15) is 37.8 Å². The summed E-state index contributed by atoms with van der Waals surface area (Å²) < 4.78 is 11.4. The van der Waals surface area contributed by atoms with Crippen molar-refractivity contribution in [3.8, 4) is 11.5 Å². The predicted molar refractivity (Wildman–Crippen MR) is 88.9 cm³/mol. The van der Waals surface area contributed by atoms with Crippen LogP contribution >= 0.6 is 0 Å². The van der Waals surface area contributed by atoms with Gasteiger partial charge in [-0.15, -0.1) is 0 Å². The molecule has 3 rings (SSSR count). The third-order valence-corrected chi connectivity index (χ3v) is 4.55. The summed E-state index contributed by atoms with van der Waals surface area (Å²) in [6.07, 6.45) is 2.92. The van der Waals surface area contributed by atoms with Crippen LogP contribution in [-0.2, 0) is 17.8 Å². The minimum absolute atomic E-state index is 0.00519. The highest BCUT2D eigenvalue weighted by Gasteiger charge is 2.29. The first-order valence-corrected chi connectivity index (χ1v) is 8.66. The Kier molecular flexibility index (Phi) is 5.06. The van der Waals surface area contributed by atoms with Crippen molar-refractivity contribution in [3.63, 3.8) is 0 Å². The number of nitrogens with zero attached hydrogens (tertiary/aromatic N) is 1. The molecule has 1 atom stereocenters. The summed E-state index contributed by atoms with van der Waals surface area (Å²) in [7, 11) is 0. The van der Waals surface area contributed by atoms with E-state index in [-0.39, 0.29) is 11.9 Å². The molecule has 1 N–H and O–H groups in total. The van der Waals surface area contributed by atoms with Crippen molar-refractivity contribution in [2.75, 3.05) is 26.3 Å². The number of nitrogens with one attached hydrogen (secondary N) is 1. The lowest BCUT2D eigenvalue weighted by Gasteiger charge is -2.31. The molecule has 2 aliphatic rings. The molecule has 23 heavy (non-hydrogen) atoms. The van der Waals surface area contributed by atoms with Crippen LogP contribution in [0.15, 0.2) is 12.1 Å². The van der Waals surface area contributed by atoms with E-state index in [4.69, 9.17) is 9.47 Å². The minimum atomic E-state index is 0.00519. The first-order valence-electron chi connectivity index (χ1n) is 8.66. The van der Waals surface area contributed by atoms with Crippen molar-refractivity contribution in [2.24, 2.45) is 0 Å². The van der Waals surface area contributed by atoms with E-state index in [1.54, 1.807) is 0 Å². The smallest absolute Gasteiger partial charge is 0.240 e. The summed E-state index contributed by atoms with van der Waals surface area (Å²) in [5.74, 6) is 1.83. The van der Waals surface area contributed by atoms with Gasteiger partial charge in [0.2, 0.25) is 5.91 Å². The number of hydrogen-bond acceptors (Lipinski definition) is 4. The molecule has 1 fully saturated rings. The average Bonchev–Trinajstić information content (AvgIpc) is 3.09. The van der Waals surface area contributed by atoms with Crippen LogP contribution in [0.4, 0.5) is 0 Å². The second-order valence-corrected chi connectivity index (χ2v) is 6.09. The molecule has 0 aromatic heterocycles. The van der Waals surface area contributed by atoms with Gasteiger partial charge >= 0.3 is 0 Å². The molecule has 2 aliphatic heterocycles. The summed E-state index contributed by atoms with van der Waals surface area (Å²) in [4.78, 5) is 14.6. The third kappa shape index (κ3) is 3.44. The Bertz CT molecular complexity index is 568. The topological polar surface area (TPSA) is 50.8 Å². The molecule has 0 aliphatic carbocycles. The number of carbonyl (C=O) groups is 1. The fraction of sp³-hybridized carbons (Fsp3) is 0.611. The van der Waals surface area contributed by atoms with E-state index < -0.39 is 0 Å². The number of carbonyl (C=O) groups excluding carboxylic acids is 1. The van der Waals surface area contributed by atoms with Gasteiger partial charge in [0.1, 0.15) is 0 Å². The Hall–Kier alpha value is -1.75. The number of rotatable bonds is 5. The van der Waals surface area contributed by atoms with Crippen LogP contribution < -0.4 is 14.8 Å². The van der Waals surface area contributed by atoms with Crippen molar-refractivity contribution in [3.05, 3.63) is 23.3 Å². The molecule has 126 valence electrons. The van der Waals surface area contributed by atoms with E-state index in [0.717, 1.165) is 43.9 Å². The summed E-state index contributed by atoms with van der Waals surface area (Å²) in [6.45, 7) is 7.57. The van der Waals surface area contributed by atoms with Gasteiger partial charge in [0, 0.05) is 13.1 Å². The van der Waals surface area contributed by atoms with E-state index in [9.17, 15) is 4.79 Å². The zero-order chi connectivity index (χ0) is 16.2. The molecule has 1 unspecified atom stereocenters.